The first kappa shape index (κ1) is 17.8. The van der Waals surface area contributed by atoms with E-state index in [-0.39, 0.29) is 23.3 Å². The summed E-state index contributed by atoms with van der Waals surface area (Å²) < 4.78 is 0. The van der Waals surface area contributed by atoms with Crippen molar-refractivity contribution in [2.24, 2.45) is 10.2 Å². The fraction of sp³-hybridized carbons (Fsp3) is 0.158. The molecule has 2 heterocycles. The molecule has 0 radical (unpaired) electrons. The Morgan fingerprint density at radius 3 is 2.59 bits per heavy atom. The summed E-state index contributed by atoms with van der Waals surface area (Å²) in [6.07, 6.45) is 0. The fourth-order valence-electron chi connectivity index (χ4n) is 3.13. The molecule has 0 aromatic heterocycles. The van der Waals surface area contributed by atoms with Crippen LogP contribution in [-0.4, -0.2) is 28.4 Å². The van der Waals surface area contributed by atoms with E-state index in [0.29, 0.717) is 21.4 Å². The normalized spacial score (nSPS) is 19.1. The van der Waals surface area contributed by atoms with Gasteiger partial charge in [0.15, 0.2) is 10.9 Å². The second-order valence-electron chi connectivity index (χ2n) is 6.23. The predicted molar refractivity (Wildman–Crippen MR) is 110 cm³/mol. The molecule has 2 aliphatic heterocycles. The number of carbonyl (C=O) groups excluding carboxylic acids is 2. The number of nitrogens with zero attached hydrogens (tertiary/aromatic N) is 3. The SMILES string of the molecule is Cc1cccc(C)c1N1C(=O)CSC1=NN=C1C(=O)Nc2ccc(Cl)cc21. The van der Waals surface area contributed by atoms with Gasteiger partial charge in [0.05, 0.1) is 17.1 Å². The summed E-state index contributed by atoms with van der Waals surface area (Å²) in [5, 5.41) is 12.1. The van der Waals surface area contributed by atoms with E-state index >= 15 is 0 Å². The molecule has 136 valence electrons. The summed E-state index contributed by atoms with van der Waals surface area (Å²) in [7, 11) is 0. The van der Waals surface area contributed by atoms with Crippen molar-refractivity contribution < 1.29 is 9.59 Å². The van der Waals surface area contributed by atoms with Gasteiger partial charge in [-0.2, -0.15) is 0 Å². The number of hydrogen-bond donors (Lipinski definition) is 1. The van der Waals surface area contributed by atoms with Gasteiger partial charge in [-0.3, -0.25) is 14.5 Å². The number of fused-ring (bicyclic) bond motifs is 1. The van der Waals surface area contributed by atoms with Crippen molar-refractivity contribution >= 4 is 57.4 Å². The lowest BCUT2D eigenvalue weighted by Gasteiger charge is -2.20. The number of aryl methyl sites for hydroxylation is 2. The molecule has 2 aromatic carbocycles. The summed E-state index contributed by atoms with van der Waals surface area (Å²) >= 11 is 7.34. The van der Waals surface area contributed by atoms with Crippen LogP contribution in [0.4, 0.5) is 11.4 Å². The molecule has 1 fully saturated rings. The van der Waals surface area contributed by atoms with Crippen molar-refractivity contribution in [2.75, 3.05) is 16.0 Å². The highest BCUT2D eigenvalue weighted by atomic mass is 35.5. The van der Waals surface area contributed by atoms with E-state index in [9.17, 15) is 9.59 Å². The summed E-state index contributed by atoms with van der Waals surface area (Å²) in [5.41, 5.74) is 4.19. The lowest BCUT2D eigenvalue weighted by molar-refractivity contribution is -0.115. The maximum Gasteiger partial charge on any atom is 0.276 e. The predicted octanol–water partition coefficient (Wildman–Crippen LogP) is 3.75. The maximum absolute atomic E-state index is 12.5. The Bertz CT molecular complexity index is 1030. The van der Waals surface area contributed by atoms with Gasteiger partial charge in [0.2, 0.25) is 5.91 Å². The third kappa shape index (κ3) is 3.13. The van der Waals surface area contributed by atoms with E-state index in [0.717, 1.165) is 16.8 Å². The first-order valence-electron chi connectivity index (χ1n) is 8.24. The molecule has 4 rings (SSSR count). The molecule has 2 aliphatic rings. The molecular weight excluding hydrogens is 384 g/mol. The van der Waals surface area contributed by atoms with Crippen molar-refractivity contribution in [2.45, 2.75) is 13.8 Å². The van der Waals surface area contributed by atoms with Crippen LogP contribution in [0.15, 0.2) is 46.6 Å². The van der Waals surface area contributed by atoms with Gasteiger partial charge >= 0.3 is 0 Å². The lowest BCUT2D eigenvalue weighted by atomic mass is 10.1. The van der Waals surface area contributed by atoms with Crippen LogP contribution >= 0.6 is 23.4 Å². The van der Waals surface area contributed by atoms with Crippen LogP contribution in [-0.2, 0) is 9.59 Å². The number of halogens is 1. The molecule has 0 aliphatic carbocycles. The highest BCUT2D eigenvalue weighted by molar-refractivity contribution is 8.15. The first-order valence-corrected chi connectivity index (χ1v) is 9.61. The number of para-hydroxylation sites is 1. The minimum absolute atomic E-state index is 0.0596. The van der Waals surface area contributed by atoms with Gasteiger partial charge in [0, 0.05) is 10.6 Å². The highest BCUT2D eigenvalue weighted by Crippen LogP contribution is 2.32. The first-order chi connectivity index (χ1) is 13.0. The van der Waals surface area contributed by atoms with Gasteiger partial charge in [0.25, 0.3) is 5.91 Å². The van der Waals surface area contributed by atoms with Crippen LogP contribution in [0, 0.1) is 13.8 Å². The number of thioether (sulfide) groups is 1. The van der Waals surface area contributed by atoms with Gasteiger partial charge < -0.3 is 5.32 Å². The summed E-state index contributed by atoms with van der Waals surface area (Å²) in [6, 6.07) is 10.9. The average molecular weight is 399 g/mol. The molecular formula is C19H15ClN4O2S. The molecule has 0 spiro atoms. The Morgan fingerprint density at radius 2 is 1.85 bits per heavy atom. The summed E-state index contributed by atoms with van der Waals surface area (Å²) in [5.74, 6) is -0.119. The van der Waals surface area contributed by atoms with E-state index in [4.69, 9.17) is 11.6 Å². The molecule has 2 aromatic rings. The third-order valence-electron chi connectivity index (χ3n) is 4.36. The molecule has 0 unspecified atom stereocenters. The Kier molecular flexibility index (Phi) is 4.49. The monoisotopic (exact) mass is 398 g/mol. The number of amides is 2. The largest absolute Gasteiger partial charge is 0.320 e. The Hall–Kier alpha value is -2.64. The van der Waals surface area contributed by atoms with E-state index in [2.05, 4.69) is 15.5 Å². The number of carbonyl (C=O) groups is 2. The summed E-state index contributed by atoms with van der Waals surface area (Å²) in [4.78, 5) is 26.3. The van der Waals surface area contributed by atoms with E-state index in [1.54, 1.807) is 23.1 Å². The molecule has 0 saturated carbocycles. The zero-order valence-electron chi connectivity index (χ0n) is 14.6. The van der Waals surface area contributed by atoms with Crippen molar-refractivity contribution in [3.63, 3.8) is 0 Å². The Labute approximate surface area is 165 Å². The second kappa shape index (κ2) is 6.83. The molecule has 6 nitrogen and oxygen atoms in total. The molecule has 2 amide bonds. The van der Waals surface area contributed by atoms with Gasteiger partial charge in [-0.15, -0.1) is 10.2 Å². The van der Waals surface area contributed by atoms with Gasteiger partial charge in [-0.05, 0) is 43.2 Å². The van der Waals surface area contributed by atoms with Crippen LogP contribution in [0.3, 0.4) is 0 Å². The third-order valence-corrected chi connectivity index (χ3v) is 5.51. The van der Waals surface area contributed by atoms with Gasteiger partial charge in [-0.1, -0.05) is 41.6 Å². The number of benzene rings is 2. The highest BCUT2D eigenvalue weighted by Gasteiger charge is 2.32. The van der Waals surface area contributed by atoms with Crippen LogP contribution in [0.2, 0.25) is 5.02 Å². The lowest BCUT2D eigenvalue weighted by Crippen LogP contribution is -2.30. The molecule has 0 bridgehead atoms. The fourth-order valence-corrected chi connectivity index (χ4v) is 4.11. The number of nitrogens with one attached hydrogen (secondary N) is 1. The number of anilines is 2. The minimum atomic E-state index is -0.343. The van der Waals surface area contributed by atoms with Crippen molar-refractivity contribution in [1.82, 2.24) is 0 Å². The van der Waals surface area contributed by atoms with Crippen LogP contribution < -0.4 is 10.2 Å². The van der Waals surface area contributed by atoms with Crippen LogP contribution in [0.25, 0.3) is 0 Å². The van der Waals surface area contributed by atoms with Crippen molar-refractivity contribution in [1.29, 1.82) is 0 Å². The molecule has 8 heteroatoms. The Morgan fingerprint density at radius 1 is 1.11 bits per heavy atom. The smallest absolute Gasteiger partial charge is 0.276 e. The average Bonchev–Trinajstić information content (AvgIpc) is 3.13. The minimum Gasteiger partial charge on any atom is -0.320 e. The molecule has 27 heavy (non-hydrogen) atoms. The number of amidine groups is 1. The maximum atomic E-state index is 12.5. The van der Waals surface area contributed by atoms with Crippen LogP contribution in [0.5, 0.6) is 0 Å². The topological polar surface area (TPSA) is 74.1 Å². The van der Waals surface area contributed by atoms with E-state index < -0.39 is 0 Å². The number of hydrogen-bond acceptors (Lipinski definition) is 5. The van der Waals surface area contributed by atoms with Crippen molar-refractivity contribution in [3.8, 4) is 0 Å². The van der Waals surface area contributed by atoms with E-state index in [1.807, 2.05) is 32.0 Å². The zero-order chi connectivity index (χ0) is 19.1. The molecule has 1 N–H and O–H groups in total. The van der Waals surface area contributed by atoms with Gasteiger partial charge in [-0.25, -0.2) is 0 Å². The zero-order valence-corrected chi connectivity index (χ0v) is 16.2. The molecule has 1 saturated heterocycles. The molecule has 0 atom stereocenters. The quantitative estimate of drug-likeness (QED) is 0.783. The number of rotatable bonds is 2. The van der Waals surface area contributed by atoms with Crippen LogP contribution in [0.1, 0.15) is 16.7 Å². The summed E-state index contributed by atoms with van der Waals surface area (Å²) in [6.45, 7) is 3.90. The Balaban J connectivity index is 1.76. The van der Waals surface area contributed by atoms with Crippen molar-refractivity contribution in [3.05, 3.63) is 58.1 Å². The second-order valence-corrected chi connectivity index (χ2v) is 7.61. The van der Waals surface area contributed by atoms with E-state index in [1.165, 1.54) is 11.8 Å². The van der Waals surface area contributed by atoms with Gasteiger partial charge in [0.1, 0.15) is 0 Å². The standard InChI is InChI=1S/C19H15ClN4O2S/c1-10-4-3-5-11(2)17(10)24-15(25)9-27-19(24)23-22-16-13-8-12(20)6-7-14(13)21-18(16)26/h3-8H,9H2,1-2H3,(H,21,22,26).